The van der Waals surface area contributed by atoms with Crippen molar-refractivity contribution in [1.29, 1.82) is 0 Å². The summed E-state index contributed by atoms with van der Waals surface area (Å²) in [6.07, 6.45) is 3.19. The van der Waals surface area contributed by atoms with E-state index in [1.54, 1.807) is 11.3 Å². The van der Waals surface area contributed by atoms with Gasteiger partial charge in [0.1, 0.15) is 0 Å². The lowest BCUT2D eigenvalue weighted by Gasteiger charge is -2.21. The highest BCUT2D eigenvalue weighted by molar-refractivity contribution is 14.1. The molecular formula is C15H14INOS. The summed E-state index contributed by atoms with van der Waals surface area (Å²) in [5.41, 5.74) is 2.12. The third kappa shape index (κ3) is 2.84. The Balaban J connectivity index is 1.79. The molecule has 4 heteroatoms. The highest BCUT2D eigenvalue weighted by Gasteiger charge is 2.27. The molecule has 2 nitrogen and oxygen atoms in total. The van der Waals surface area contributed by atoms with Crippen molar-refractivity contribution < 1.29 is 4.79 Å². The Morgan fingerprint density at radius 1 is 1.37 bits per heavy atom. The fourth-order valence-corrected chi connectivity index (χ4v) is 4.08. The number of nitrogens with one attached hydrogen (secondary N) is 1. The van der Waals surface area contributed by atoms with Crippen LogP contribution in [0.5, 0.6) is 0 Å². The van der Waals surface area contributed by atoms with Crippen LogP contribution in [0.1, 0.15) is 29.2 Å². The maximum Gasteiger partial charge on any atom is 0.231 e. The summed E-state index contributed by atoms with van der Waals surface area (Å²) in [5.74, 6) is 0.147. The van der Waals surface area contributed by atoms with Gasteiger partial charge in [-0.15, -0.1) is 11.3 Å². The van der Waals surface area contributed by atoms with Crippen molar-refractivity contribution in [2.75, 3.05) is 5.32 Å². The van der Waals surface area contributed by atoms with Crippen molar-refractivity contribution in [3.63, 3.8) is 0 Å². The third-order valence-corrected chi connectivity index (χ3v) is 5.13. The van der Waals surface area contributed by atoms with E-state index in [1.165, 1.54) is 10.4 Å². The Morgan fingerprint density at radius 3 is 3.11 bits per heavy atom. The fourth-order valence-electron chi connectivity index (χ4n) is 2.55. The van der Waals surface area contributed by atoms with Crippen LogP contribution in [0.15, 0.2) is 35.7 Å². The fraction of sp³-hybridized carbons (Fsp3) is 0.267. The van der Waals surface area contributed by atoms with Gasteiger partial charge in [0.15, 0.2) is 0 Å². The van der Waals surface area contributed by atoms with E-state index in [-0.39, 0.29) is 11.8 Å². The average molecular weight is 383 g/mol. The van der Waals surface area contributed by atoms with Crippen LogP contribution in [0.4, 0.5) is 5.69 Å². The minimum atomic E-state index is 0.0212. The van der Waals surface area contributed by atoms with Gasteiger partial charge in [-0.25, -0.2) is 0 Å². The first-order valence-corrected chi connectivity index (χ1v) is 8.32. The van der Waals surface area contributed by atoms with E-state index >= 15 is 0 Å². The summed E-state index contributed by atoms with van der Waals surface area (Å²) in [7, 11) is 0. The van der Waals surface area contributed by atoms with Crippen LogP contribution in [-0.2, 0) is 11.2 Å². The highest BCUT2D eigenvalue weighted by atomic mass is 127. The van der Waals surface area contributed by atoms with Gasteiger partial charge < -0.3 is 5.32 Å². The van der Waals surface area contributed by atoms with Gasteiger partial charge in [-0.1, -0.05) is 6.07 Å². The van der Waals surface area contributed by atoms with Gasteiger partial charge in [0, 0.05) is 14.1 Å². The molecule has 0 aliphatic heterocycles. The van der Waals surface area contributed by atoms with Gasteiger partial charge in [-0.05, 0) is 77.1 Å². The van der Waals surface area contributed by atoms with E-state index in [1.807, 2.05) is 24.3 Å². The lowest BCUT2D eigenvalue weighted by atomic mass is 9.87. The van der Waals surface area contributed by atoms with Crippen LogP contribution >= 0.6 is 33.9 Å². The molecule has 19 heavy (non-hydrogen) atoms. The number of halogens is 1. The Morgan fingerprint density at radius 2 is 2.26 bits per heavy atom. The van der Waals surface area contributed by atoms with E-state index in [2.05, 4.69) is 39.4 Å². The summed E-state index contributed by atoms with van der Waals surface area (Å²) < 4.78 is 1.13. The summed E-state index contributed by atoms with van der Waals surface area (Å²) in [5, 5.41) is 5.14. The van der Waals surface area contributed by atoms with E-state index in [9.17, 15) is 4.79 Å². The number of rotatable bonds is 2. The predicted molar refractivity (Wildman–Crippen MR) is 87.8 cm³/mol. The van der Waals surface area contributed by atoms with Crippen molar-refractivity contribution in [1.82, 2.24) is 0 Å². The zero-order valence-corrected chi connectivity index (χ0v) is 13.3. The molecule has 98 valence electrons. The van der Waals surface area contributed by atoms with E-state index < -0.39 is 0 Å². The van der Waals surface area contributed by atoms with Crippen molar-refractivity contribution in [2.45, 2.75) is 25.2 Å². The SMILES string of the molecule is O=C(Nc1cccc(I)c1)C1CCCc2sccc21. The summed E-state index contributed by atoms with van der Waals surface area (Å²) in [4.78, 5) is 13.8. The number of fused-ring (bicyclic) bond motifs is 1. The summed E-state index contributed by atoms with van der Waals surface area (Å²) in [6, 6.07) is 10.0. The highest BCUT2D eigenvalue weighted by Crippen LogP contribution is 2.35. The van der Waals surface area contributed by atoms with Gasteiger partial charge in [0.25, 0.3) is 0 Å². The molecule has 3 rings (SSSR count). The van der Waals surface area contributed by atoms with Crippen molar-refractivity contribution in [3.05, 3.63) is 49.7 Å². The van der Waals surface area contributed by atoms with Gasteiger partial charge >= 0.3 is 0 Å². The molecule has 1 atom stereocenters. The molecule has 0 fully saturated rings. The molecule has 0 spiro atoms. The molecule has 1 unspecified atom stereocenters. The molecule has 1 aliphatic carbocycles. The average Bonchev–Trinajstić information content (AvgIpc) is 2.86. The molecule has 0 saturated heterocycles. The second-order valence-corrected chi connectivity index (χ2v) is 6.99. The van der Waals surface area contributed by atoms with E-state index in [4.69, 9.17) is 0 Å². The van der Waals surface area contributed by atoms with Gasteiger partial charge in [-0.3, -0.25) is 4.79 Å². The molecule has 2 aromatic rings. The zero-order valence-electron chi connectivity index (χ0n) is 10.4. The first kappa shape index (κ1) is 13.1. The second kappa shape index (κ2) is 5.63. The van der Waals surface area contributed by atoms with Crippen LogP contribution in [0.2, 0.25) is 0 Å². The molecule has 1 amide bonds. The van der Waals surface area contributed by atoms with Crippen molar-refractivity contribution in [2.24, 2.45) is 0 Å². The molecule has 0 saturated carbocycles. The minimum absolute atomic E-state index is 0.0212. The minimum Gasteiger partial charge on any atom is -0.326 e. The van der Waals surface area contributed by atoms with E-state index in [0.717, 1.165) is 28.5 Å². The number of amides is 1. The molecule has 1 aromatic heterocycles. The smallest absolute Gasteiger partial charge is 0.231 e. The lowest BCUT2D eigenvalue weighted by molar-refractivity contribution is -0.117. The number of benzene rings is 1. The zero-order chi connectivity index (χ0) is 13.2. The number of anilines is 1. The first-order valence-electron chi connectivity index (χ1n) is 6.37. The molecule has 0 bridgehead atoms. The number of carbonyl (C=O) groups is 1. The van der Waals surface area contributed by atoms with Crippen molar-refractivity contribution in [3.8, 4) is 0 Å². The molecule has 1 aliphatic rings. The predicted octanol–water partition coefficient (Wildman–Crippen LogP) is 4.41. The molecule has 1 heterocycles. The van der Waals surface area contributed by atoms with Crippen LogP contribution in [-0.4, -0.2) is 5.91 Å². The molecule has 1 N–H and O–H groups in total. The van der Waals surface area contributed by atoms with Gasteiger partial charge in [0.05, 0.1) is 5.92 Å². The Labute approximate surface area is 130 Å². The van der Waals surface area contributed by atoms with Gasteiger partial charge in [-0.2, -0.15) is 0 Å². The number of aryl methyl sites for hydroxylation is 1. The topological polar surface area (TPSA) is 29.1 Å². The van der Waals surface area contributed by atoms with Crippen LogP contribution in [0.25, 0.3) is 0 Å². The molecule has 1 aromatic carbocycles. The third-order valence-electron chi connectivity index (χ3n) is 3.46. The molecular weight excluding hydrogens is 369 g/mol. The Bertz CT molecular complexity index is 608. The Hall–Kier alpha value is -0.880. The quantitative estimate of drug-likeness (QED) is 0.765. The first-order chi connectivity index (χ1) is 9.24. The number of thiophene rings is 1. The van der Waals surface area contributed by atoms with Gasteiger partial charge in [0.2, 0.25) is 5.91 Å². The molecule has 0 radical (unpaired) electrons. The second-order valence-electron chi connectivity index (χ2n) is 4.74. The monoisotopic (exact) mass is 383 g/mol. The van der Waals surface area contributed by atoms with Crippen LogP contribution < -0.4 is 5.32 Å². The number of hydrogen-bond acceptors (Lipinski definition) is 2. The largest absolute Gasteiger partial charge is 0.326 e. The number of hydrogen-bond donors (Lipinski definition) is 1. The summed E-state index contributed by atoms with van der Waals surface area (Å²) >= 11 is 4.03. The van der Waals surface area contributed by atoms with Crippen molar-refractivity contribution >= 4 is 45.5 Å². The normalized spacial score (nSPS) is 17.8. The maximum absolute atomic E-state index is 12.4. The van der Waals surface area contributed by atoms with Crippen LogP contribution in [0.3, 0.4) is 0 Å². The van der Waals surface area contributed by atoms with Crippen LogP contribution in [0, 0.1) is 3.57 Å². The Kier molecular flexibility index (Phi) is 3.88. The number of carbonyl (C=O) groups excluding carboxylic acids is 1. The maximum atomic E-state index is 12.4. The van der Waals surface area contributed by atoms with E-state index in [0.29, 0.717) is 0 Å². The lowest BCUT2D eigenvalue weighted by Crippen LogP contribution is -2.23. The summed E-state index contributed by atoms with van der Waals surface area (Å²) in [6.45, 7) is 0. The standard InChI is InChI=1S/C15H14INOS/c16-10-3-1-4-11(9-10)17-15(18)13-5-2-6-14-12(13)7-8-19-14/h1,3-4,7-9,13H,2,5-6H2,(H,17,18).